The first-order chi connectivity index (χ1) is 11.6. The smallest absolute Gasteiger partial charge is 0.252 e. The Bertz CT molecular complexity index is 873. The lowest BCUT2D eigenvalue weighted by Crippen LogP contribution is -2.28. The molecule has 0 saturated heterocycles. The summed E-state index contributed by atoms with van der Waals surface area (Å²) < 4.78 is 1.98. The van der Waals surface area contributed by atoms with Crippen molar-refractivity contribution in [3.63, 3.8) is 0 Å². The van der Waals surface area contributed by atoms with Gasteiger partial charge in [0.05, 0.1) is 11.7 Å². The topological polar surface area (TPSA) is 54.3 Å². The molecule has 0 bridgehead atoms. The van der Waals surface area contributed by atoms with Crippen molar-refractivity contribution in [1.29, 1.82) is 0 Å². The molecule has 0 spiro atoms. The van der Waals surface area contributed by atoms with Gasteiger partial charge in [0, 0.05) is 41.2 Å². The molecule has 4 nitrogen and oxygen atoms in total. The number of aliphatic hydroxyl groups is 1. The Morgan fingerprint density at radius 1 is 1.21 bits per heavy atom. The van der Waals surface area contributed by atoms with Gasteiger partial charge in [-0.25, -0.2) is 0 Å². The van der Waals surface area contributed by atoms with Crippen LogP contribution in [0.3, 0.4) is 0 Å². The van der Waals surface area contributed by atoms with E-state index in [1.54, 1.807) is 6.07 Å². The maximum Gasteiger partial charge on any atom is 0.252 e. The van der Waals surface area contributed by atoms with Crippen molar-refractivity contribution in [1.82, 2.24) is 9.88 Å². The number of hydrogen-bond donors (Lipinski definition) is 2. The Kier molecular flexibility index (Phi) is 4.92. The molecular weight excluding hydrogens is 320 g/mol. The first-order valence-corrected chi connectivity index (χ1v) is 8.97. The van der Waals surface area contributed by atoms with Crippen molar-refractivity contribution in [2.24, 2.45) is 7.05 Å². The summed E-state index contributed by atoms with van der Waals surface area (Å²) in [5.41, 5.74) is 2.52. The van der Waals surface area contributed by atoms with Gasteiger partial charge in [-0.1, -0.05) is 30.3 Å². The van der Waals surface area contributed by atoms with Crippen LogP contribution in [0.25, 0.3) is 10.9 Å². The van der Waals surface area contributed by atoms with Gasteiger partial charge >= 0.3 is 0 Å². The van der Waals surface area contributed by atoms with E-state index in [-0.39, 0.29) is 12.5 Å². The largest absolute Gasteiger partial charge is 0.386 e. The molecule has 124 valence electrons. The van der Waals surface area contributed by atoms with Crippen LogP contribution >= 0.6 is 11.8 Å². The standard InChI is InChI=1S/C19H20N2O2S/c1-21-12-15(13-7-3-5-9-16(13)21)17(22)11-20-19(23)14-8-4-6-10-18(14)24-2/h3-10,12,17,22H,11H2,1-2H3,(H,20,23)/t17-/m1/s1. The molecule has 1 atom stereocenters. The Morgan fingerprint density at radius 3 is 2.71 bits per heavy atom. The van der Waals surface area contributed by atoms with E-state index in [0.29, 0.717) is 5.56 Å². The molecule has 3 rings (SSSR count). The van der Waals surface area contributed by atoms with E-state index in [1.807, 2.05) is 66.5 Å². The van der Waals surface area contributed by atoms with Crippen LogP contribution in [0.4, 0.5) is 0 Å². The lowest BCUT2D eigenvalue weighted by atomic mass is 10.1. The monoisotopic (exact) mass is 340 g/mol. The number of nitrogens with zero attached hydrogens (tertiary/aromatic N) is 1. The molecule has 0 aliphatic carbocycles. The number of hydrogen-bond acceptors (Lipinski definition) is 3. The Hall–Kier alpha value is -2.24. The molecule has 0 aliphatic heterocycles. The predicted octanol–water partition coefficient (Wildman–Crippen LogP) is 3.36. The number of fused-ring (bicyclic) bond motifs is 1. The highest BCUT2D eigenvalue weighted by Gasteiger charge is 2.17. The maximum atomic E-state index is 12.4. The molecular formula is C19H20N2O2S. The van der Waals surface area contributed by atoms with Gasteiger partial charge in [-0.05, 0) is 24.5 Å². The highest BCUT2D eigenvalue weighted by Crippen LogP contribution is 2.26. The van der Waals surface area contributed by atoms with Crippen molar-refractivity contribution in [2.75, 3.05) is 12.8 Å². The SMILES string of the molecule is CSc1ccccc1C(=O)NC[C@@H](O)c1cn(C)c2ccccc12. The van der Waals surface area contributed by atoms with E-state index >= 15 is 0 Å². The zero-order chi connectivity index (χ0) is 17.1. The Morgan fingerprint density at radius 2 is 1.92 bits per heavy atom. The second-order valence-corrected chi connectivity index (χ2v) is 6.49. The molecule has 0 saturated carbocycles. The number of nitrogens with one attached hydrogen (secondary N) is 1. The summed E-state index contributed by atoms with van der Waals surface area (Å²) in [5.74, 6) is -0.167. The van der Waals surface area contributed by atoms with E-state index in [0.717, 1.165) is 21.4 Å². The van der Waals surface area contributed by atoms with Gasteiger partial charge in [0.2, 0.25) is 0 Å². The van der Waals surface area contributed by atoms with Crippen LogP contribution in [0.15, 0.2) is 59.6 Å². The number of aliphatic hydroxyl groups excluding tert-OH is 1. The summed E-state index contributed by atoms with van der Waals surface area (Å²) in [5, 5.41) is 14.4. The van der Waals surface area contributed by atoms with Gasteiger partial charge in [-0.3, -0.25) is 4.79 Å². The molecule has 2 N–H and O–H groups in total. The van der Waals surface area contributed by atoms with E-state index in [1.165, 1.54) is 11.8 Å². The van der Waals surface area contributed by atoms with Gasteiger partial charge in [0.25, 0.3) is 5.91 Å². The number of carbonyl (C=O) groups is 1. The fourth-order valence-electron chi connectivity index (χ4n) is 2.87. The molecule has 3 aromatic rings. The van der Waals surface area contributed by atoms with Crippen LogP contribution in [0.5, 0.6) is 0 Å². The summed E-state index contributed by atoms with van der Waals surface area (Å²) in [6.45, 7) is 0.176. The van der Waals surface area contributed by atoms with Crippen LogP contribution in [0, 0.1) is 0 Å². The summed E-state index contributed by atoms with van der Waals surface area (Å²) >= 11 is 1.53. The second-order valence-electron chi connectivity index (χ2n) is 5.64. The van der Waals surface area contributed by atoms with Crippen molar-refractivity contribution in [3.8, 4) is 0 Å². The normalized spacial score (nSPS) is 12.3. The molecule has 0 radical (unpaired) electrons. The highest BCUT2D eigenvalue weighted by molar-refractivity contribution is 7.98. The molecule has 0 unspecified atom stereocenters. The van der Waals surface area contributed by atoms with Crippen molar-refractivity contribution in [2.45, 2.75) is 11.0 Å². The lowest BCUT2D eigenvalue weighted by molar-refractivity contribution is 0.0914. The number of benzene rings is 2. The summed E-state index contributed by atoms with van der Waals surface area (Å²) in [4.78, 5) is 13.3. The molecule has 5 heteroatoms. The zero-order valence-corrected chi connectivity index (χ0v) is 14.5. The average molecular weight is 340 g/mol. The lowest BCUT2D eigenvalue weighted by Gasteiger charge is -2.13. The quantitative estimate of drug-likeness (QED) is 0.700. The molecule has 1 heterocycles. The molecule has 1 aromatic heterocycles. The number of carbonyl (C=O) groups excluding carboxylic acids is 1. The van der Waals surface area contributed by atoms with Crippen molar-refractivity contribution in [3.05, 3.63) is 65.9 Å². The van der Waals surface area contributed by atoms with Crippen LogP contribution in [-0.4, -0.2) is 28.4 Å². The van der Waals surface area contributed by atoms with E-state index in [4.69, 9.17) is 0 Å². The third-order valence-corrected chi connectivity index (χ3v) is 4.89. The molecule has 2 aromatic carbocycles. The molecule has 0 fully saturated rings. The fraction of sp³-hybridized carbons (Fsp3) is 0.211. The summed E-state index contributed by atoms with van der Waals surface area (Å²) in [7, 11) is 1.95. The first kappa shape index (κ1) is 16.6. The Balaban J connectivity index is 1.75. The number of thioether (sulfide) groups is 1. The number of amides is 1. The summed E-state index contributed by atoms with van der Waals surface area (Å²) in [6, 6.07) is 15.4. The second kappa shape index (κ2) is 7.11. The van der Waals surface area contributed by atoms with Gasteiger partial charge in [-0.2, -0.15) is 0 Å². The Labute approximate surface area is 145 Å². The van der Waals surface area contributed by atoms with E-state index in [9.17, 15) is 9.90 Å². The minimum atomic E-state index is -0.749. The first-order valence-electron chi connectivity index (χ1n) is 7.75. The number of para-hydroxylation sites is 1. The van der Waals surface area contributed by atoms with Crippen LogP contribution in [-0.2, 0) is 7.05 Å². The van der Waals surface area contributed by atoms with Crippen LogP contribution < -0.4 is 5.32 Å². The van der Waals surface area contributed by atoms with Gasteiger partial charge in [0.15, 0.2) is 0 Å². The average Bonchev–Trinajstić information content (AvgIpc) is 2.96. The minimum Gasteiger partial charge on any atom is -0.386 e. The number of aromatic nitrogens is 1. The van der Waals surface area contributed by atoms with Gasteiger partial charge < -0.3 is 15.0 Å². The number of aryl methyl sites for hydroxylation is 1. The van der Waals surface area contributed by atoms with E-state index in [2.05, 4.69) is 5.32 Å². The zero-order valence-electron chi connectivity index (χ0n) is 13.7. The number of rotatable bonds is 5. The van der Waals surface area contributed by atoms with Crippen molar-refractivity contribution >= 4 is 28.6 Å². The third kappa shape index (κ3) is 3.18. The third-order valence-electron chi connectivity index (χ3n) is 4.09. The van der Waals surface area contributed by atoms with Crippen LogP contribution in [0.2, 0.25) is 0 Å². The fourth-order valence-corrected chi connectivity index (χ4v) is 3.46. The van der Waals surface area contributed by atoms with Gasteiger partial charge in [0.1, 0.15) is 0 Å². The highest BCUT2D eigenvalue weighted by atomic mass is 32.2. The molecule has 0 aliphatic rings. The summed E-state index contributed by atoms with van der Waals surface area (Å²) in [6.07, 6.45) is 3.11. The predicted molar refractivity (Wildman–Crippen MR) is 98.4 cm³/mol. The van der Waals surface area contributed by atoms with Gasteiger partial charge in [-0.15, -0.1) is 11.8 Å². The molecule has 1 amide bonds. The van der Waals surface area contributed by atoms with Crippen LogP contribution in [0.1, 0.15) is 22.0 Å². The minimum absolute atomic E-state index is 0.167. The van der Waals surface area contributed by atoms with E-state index < -0.39 is 6.10 Å². The molecule has 24 heavy (non-hydrogen) atoms. The maximum absolute atomic E-state index is 12.4. The van der Waals surface area contributed by atoms with Crippen molar-refractivity contribution < 1.29 is 9.90 Å².